The minimum atomic E-state index is -1.29. The molecule has 0 fully saturated rings. The number of aromatic carboxylic acids is 1. The van der Waals surface area contributed by atoms with Crippen LogP contribution in [0.5, 0.6) is 0 Å². The van der Waals surface area contributed by atoms with Crippen LogP contribution in [-0.4, -0.2) is 30.8 Å². The van der Waals surface area contributed by atoms with Crippen LogP contribution in [0.2, 0.25) is 5.02 Å². The number of halogens is 1. The van der Waals surface area contributed by atoms with E-state index in [1.54, 1.807) is 0 Å². The number of hydrogen-bond acceptors (Lipinski definition) is 5. The maximum Gasteiger partial charge on any atom is 0.356 e. The van der Waals surface area contributed by atoms with Crippen molar-refractivity contribution in [3.8, 4) is 5.82 Å². The molecule has 0 amide bonds. The van der Waals surface area contributed by atoms with E-state index in [1.165, 1.54) is 12.1 Å². The van der Waals surface area contributed by atoms with E-state index >= 15 is 0 Å². The van der Waals surface area contributed by atoms with Crippen molar-refractivity contribution in [2.75, 3.05) is 0 Å². The van der Waals surface area contributed by atoms with Gasteiger partial charge in [-0.15, -0.1) is 0 Å². The number of pyridine rings is 1. The first kappa shape index (κ1) is 12.0. The van der Waals surface area contributed by atoms with Crippen LogP contribution in [-0.2, 0) is 0 Å². The number of carboxylic acid groups (broad SMARTS) is 1. The minimum absolute atomic E-state index is 0.0205. The molecule has 0 saturated heterocycles. The van der Waals surface area contributed by atoms with E-state index in [9.17, 15) is 14.9 Å². The third-order valence-corrected chi connectivity index (χ3v) is 2.35. The van der Waals surface area contributed by atoms with Crippen LogP contribution in [0.15, 0.2) is 24.5 Å². The number of aromatic nitrogens is 3. The highest BCUT2D eigenvalue weighted by molar-refractivity contribution is 6.33. The number of nitro groups is 1. The van der Waals surface area contributed by atoms with Crippen LogP contribution < -0.4 is 0 Å². The van der Waals surface area contributed by atoms with E-state index in [4.69, 9.17) is 16.7 Å². The topological polar surface area (TPSA) is 111 Å². The number of rotatable bonds is 3. The van der Waals surface area contributed by atoms with Gasteiger partial charge in [-0.05, 0) is 12.1 Å². The SMILES string of the molecule is O=C(O)c1nc(-n2cc([N+](=O)[O-])cn2)ccc1Cl. The van der Waals surface area contributed by atoms with E-state index in [1.807, 2.05) is 0 Å². The lowest BCUT2D eigenvalue weighted by Crippen LogP contribution is -2.06. The van der Waals surface area contributed by atoms with Crippen molar-refractivity contribution >= 4 is 23.3 Å². The monoisotopic (exact) mass is 268 g/mol. The molecule has 0 aliphatic carbocycles. The molecule has 0 saturated carbocycles. The van der Waals surface area contributed by atoms with Gasteiger partial charge >= 0.3 is 11.7 Å². The summed E-state index contributed by atoms with van der Waals surface area (Å²) in [6.07, 6.45) is 2.17. The van der Waals surface area contributed by atoms with Crippen LogP contribution in [0.3, 0.4) is 0 Å². The van der Waals surface area contributed by atoms with Crippen molar-refractivity contribution < 1.29 is 14.8 Å². The van der Waals surface area contributed by atoms with Crippen LogP contribution in [0.1, 0.15) is 10.5 Å². The normalized spacial score (nSPS) is 10.3. The second-order valence-corrected chi connectivity index (χ2v) is 3.61. The fraction of sp³-hybridized carbons (Fsp3) is 0. The maximum atomic E-state index is 10.8. The van der Waals surface area contributed by atoms with Crippen molar-refractivity contribution in [2.45, 2.75) is 0 Å². The average molecular weight is 269 g/mol. The summed E-state index contributed by atoms with van der Waals surface area (Å²) in [5.41, 5.74) is -0.559. The average Bonchev–Trinajstić information content (AvgIpc) is 2.78. The first-order valence-corrected chi connectivity index (χ1v) is 4.96. The lowest BCUT2D eigenvalue weighted by Gasteiger charge is -2.02. The molecule has 8 nitrogen and oxygen atoms in total. The lowest BCUT2D eigenvalue weighted by molar-refractivity contribution is -0.384. The molecule has 2 aromatic heterocycles. The highest BCUT2D eigenvalue weighted by Crippen LogP contribution is 2.17. The van der Waals surface area contributed by atoms with E-state index < -0.39 is 10.9 Å². The van der Waals surface area contributed by atoms with E-state index in [2.05, 4.69) is 10.1 Å². The molecule has 2 rings (SSSR count). The molecule has 0 aliphatic rings. The van der Waals surface area contributed by atoms with Gasteiger partial charge in [-0.25, -0.2) is 14.5 Å². The fourth-order valence-electron chi connectivity index (χ4n) is 1.24. The molecule has 1 N–H and O–H groups in total. The van der Waals surface area contributed by atoms with Crippen LogP contribution in [0.4, 0.5) is 5.69 Å². The molecule has 0 spiro atoms. The highest BCUT2D eigenvalue weighted by Gasteiger charge is 2.15. The van der Waals surface area contributed by atoms with Gasteiger partial charge in [0.05, 0.1) is 9.95 Å². The first-order chi connectivity index (χ1) is 8.49. The number of hydrogen-bond donors (Lipinski definition) is 1. The summed E-state index contributed by atoms with van der Waals surface area (Å²) < 4.78 is 1.10. The van der Waals surface area contributed by atoms with Gasteiger partial charge in [0.25, 0.3) is 0 Å². The van der Waals surface area contributed by atoms with Gasteiger partial charge < -0.3 is 5.11 Å². The van der Waals surface area contributed by atoms with Crippen LogP contribution >= 0.6 is 11.6 Å². The quantitative estimate of drug-likeness (QED) is 0.667. The Balaban J connectivity index is 2.47. The Morgan fingerprint density at radius 2 is 2.22 bits per heavy atom. The Kier molecular flexibility index (Phi) is 2.94. The largest absolute Gasteiger partial charge is 0.476 e. The lowest BCUT2D eigenvalue weighted by atomic mass is 10.3. The van der Waals surface area contributed by atoms with E-state index in [-0.39, 0.29) is 22.2 Å². The minimum Gasteiger partial charge on any atom is -0.476 e. The first-order valence-electron chi connectivity index (χ1n) is 4.58. The Morgan fingerprint density at radius 3 is 2.78 bits per heavy atom. The zero-order chi connectivity index (χ0) is 13.3. The van der Waals surface area contributed by atoms with Gasteiger partial charge in [0.15, 0.2) is 11.5 Å². The Labute approximate surface area is 105 Å². The van der Waals surface area contributed by atoms with Gasteiger partial charge in [-0.1, -0.05) is 11.6 Å². The van der Waals surface area contributed by atoms with E-state index in [0.29, 0.717) is 0 Å². The summed E-state index contributed by atoms with van der Waals surface area (Å²) in [5, 5.41) is 23.0. The summed E-state index contributed by atoms with van der Waals surface area (Å²) in [6.45, 7) is 0. The van der Waals surface area contributed by atoms with Crippen LogP contribution in [0.25, 0.3) is 5.82 Å². The molecule has 2 heterocycles. The predicted molar refractivity (Wildman–Crippen MR) is 60.0 cm³/mol. The zero-order valence-electron chi connectivity index (χ0n) is 8.65. The molecule has 92 valence electrons. The van der Waals surface area contributed by atoms with Crippen molar-refractivity contribution in [1.29, 1.82) is 0 Å². The van der Waals surface area contributed by atoms with Gasteiger partial charge in [-0.3, -0.25) is 10.1 Å². The Morgan fingerprint density at radius 1 is 1.50 bits per heavy atom. The molecule has 9 heteroatoms. The molecule has 0 aliphatic heterocycles. The summed E-state index contributed by atoms with van der Waals surface area (Å²) >= 11 is 5.65. The third kappa shape index (κ3) is 2.13. The van der Waals surface area contributed by atoms with Gasteiger partial charge in [0.1, 0.15) is 12.4 Å². The maximum absolute atomic E-state index is 10.8. The van der Waals surface area contributed by atoms with Crippen molar-refractivity contribution in [2.24, 2.45) is 0 Å². The Hall–Kier alpha value is -2.48. The molecule has 0 bridgehead atoms. The second kappa shape index (κ2) is 4.41. The number of nitrogens with zero attached hydrogens (tertiary/aromatic N) is 4. The number of carbonyl (C=O) groups is 1. The molecule has 0 aromatic carbocycles. The summed E-state index contributed by atoms with van der Waals surface area (Å²) in [5.74, 6) is -1.16. The fourth-order valence-corrected chi connectivity index (χ4v) is 1.43. The van der Waals surface area contributed by atoms with Crippen LogP contribution in [0, 0.1) is 10.1 Å². The molecule has 2 aromatic rings. The molecular weight excluding hydrogens is 264 g/mol. The van der Waals surface area contributed by atoms with Gasteiger partial charge in [-0.2, -0.15) is 5.10 Å². The second-order valence-electron chi connectivity index (χ2n) is 3.21. The van der Waals surface area contributed by atoms with Gasteiger partial charge in [0.2, 0.25) is 0 Å². The Bertz CT molecular complexity index is 639. The highest BCUT2D eigenvalue weighted by atomic mass is 35.5. The summed E-state index contributed by atoms with van der Waals surface area (Å²) in [6, 6.07) is 2.74. The van der Waals surface area contributed by atoms with Crippen molar-refractivity contribution in [3.05, 3.63) is 45.4 Å². The van der Waals surface area contributed by atoms with Crippen molar-refractivity contribution in [1.82, 2.24) is 14.8 Å². The molecule has 0 unspecified atom stereocenters. The molecular formula is C9H5ClN4O4. The summed E-state index contributed by atoms with van der Waals surface area (Å²) in [4.78, 5) is 24.5. The summed E-state index contributed by atoms with van der Waals surface area (Å²) in [7, 11) is 0. The number of carboxylic acids is 1. The smallest absolute Gasteiger partial charge is 0.356 e. The zero-order valence-corrected chi connectivity index (χ0v) is 9.40. The molecule has 18 heavy (non-hydrogen) atoms. The van der Waals surface area contributed by atoms with Crippen molar-refractivity contribution in [3.63, 3.8) is 0 Å². The van der Waals surface area contributed by atoms with E-state index in [0.717, 1.165) is 17.1 Å². The predicted octanol–water partition coefficient (Wildman–Crippen LogP) is 1.53. The molecule has 0 radical (unpaired) electrons. The molecule has 0 atom stereocenters. The third-order valence-electron chi connectivity index (χ3n) is 2.05. The van der Waals surface area contributed by atoms with Gasteiger partial charge in [0, 0.05) is 0 Å². The standard InChI is InChI=1S/C9H5ClN4O4/c10-6-1-2-7(12-8(6)9(15)16)13-4-5(3-11-13)14(17)18/h1-4H,(H,15,16).